The first-order valence-electron chi connectivity index (χ1n) is 9.38. The van der Waals surface area contributed by atoms with Crippen molar-refractivity contribution in [3.63, 3.8) is 0 Å². The van der Waals surface area contributed by atoms with Gasteiger partial charge < -0.3 is 14.3 Å². The summed E-state index contributed by atoms with van der Waals surface area (Å²) in [5.41, 5.74) is 1.94. The minimum Gasteiger partial charge on any atom is -0.419 e. The molecule has 0 atom stereocenters. The van der Waals surface area contributed by atoms with Crippen molar-refractivity contribution in [2.24, 2.45) is 0 Å². The van der Waals surface area contributed by atoms with Gasteiger partial charge in [-0.2, -0.15) is 0 Å². The summed E-state index contributed by atoms with van der Waals surface area (Å²) in [6.07, 6.45) is 0. The van der Waals surface area contributed by atoms with Crippen LogP contribution in [-0.4, -0.2) is 25.6 Å². The van der Waals surface area contributed by atoms with E-state index in [9.17, 15) is 14.9 Å². The molecule has 0 spiro atoms. The molecule has 9 nitrogen and oxygen atoms in total. The van der Waals surface area contributed by atoms with Gasteiger partial charge in [0.15, 0.2) is 0 Å². The van der Waals surface area contributed by atoms with Crippen LogP contribution in [-0.2, 0) is 11.3 Å². The molecule has 0 aliphatic carbocycles. The number of carbonyl (C=O) groups is 1. The zero-order valence-electron chi connectivity index (χ0n) is 16.4. The molecule has 4 rings (SSSR count). The summed E-state index contributed by atoms with van der Waals surface area (Å²) in [6.45, 7) is 3.94. The molecule has 2 heterocycles. The van der Waals surface area contributed by atoms with Gasteiger partial charge in [0.05, 0.1) is 4.92 Å². The largest absolute Gasteiger partial charge is 0.419 e. The molecule has 0 aliphatic rings. The zero-order chi connectivity index (χ0) is 21.3. The monoisotopic (exact) mass is 405 g/mol. The lowest BCUT2D eigenvalue weighted by molar-refractivity contribution is -0.384. The summed E-state index contributed by atoms with van der Waals surface area (Å²) in [5, 5.41) is 22.7. The minimum atomic E-state index is -0.486. The van der Waals surface area contributed by atoms with Crippen LogP contribution in [0.2, 0.25) is 0 Å². The Balaban J connectivity index is 1.64. The van der Waals surface area contributed by atoms with Crippen molar-refractivity contribution in [2.75, 3.05) is 5.32 Å². The second-order valence-electron chi connectivity index (χ2n) is 7.13. The number of aromatic nitrogens is 3. The number of nitro groups is 1. The number of nitrogens with one attached hydrogen (secondary N) is 1. The zero-order valence-corrected chi connectivity index (χ0v) is 16.4. The molecule has 9 heteroatoms. The van der Waals surface area contributed by atoms with Crippen LogP contribution in [0.5, 0.6) is 0 Å². The Labute approximate surface area is 171 Å². The number of para-hydroxylation sites is 1. The first-order valence-corrected chi connectivity index (χ1v) is 9.38. The lowest BCUT2D eigenvalue weighted by Crippen LogP contribution is -2.19. The molecule has 30 heavy (non-hydrogen) atoms. The van der Waals surface area contributed by atoms with Crippen LogP contribution in [0.25, 0.3) is 22.5 Å². The number of nitrogens with zero attached hydrogens (tertiary/aromatic N) is 4. The van der Waals surface area contributed by atoms with Crippen molar-refractivity contribution in [3.8, 4) is 11.6 Å². The van der Waals surface area contributed by atoms with Gasteiger partial charge in [-0.15, -0.1) is 10.2 Å². The van der Waals surface area contributed by atoms with Crippen molar-refractivity contribution in [1.29, 1.82) is 0 Å². The second kappa shape index (κ2) is 7.78. The van der Waals surface area contributed by atoms with Crippen LogP contribution in [0.3, 0.4) is 0 Å². The van der Waals surface area contributed by atoms with Crippen LogP contribution >= 0.6 is 0 Å². The van der Waals surface area contributed by atoms with E-state index in [0.717, 1.165) is 10.9 Å². The maximum atomic E-state index is 12.7. The molecule has 152 valence electrons. The van der Waals surface area contributed by atoms with Gasteiger partial charge in [0.25, 0.3) is 11.6 Å². The molecule has 1 N–H and O–H groups in total. The van der Waals surface area contributed by atoms with E-state index >= 15 is 0 Å². The summed E-state index contributed by atoms with van der Waals surface area (Å²) >= 11 is 0. The third-order valence-electron chi connectivity index (χ3n) is 4.63. The van der Waals surface area contributed by atoms with Gasteiger partial charge in [-0.25, -0.2) is 0 Å². The fourth-order valence-electron chi connectivity index (χ4n) is 3.14. The molecule has 2 aromatic carbocycles. The predicted octanol–water partition coefficient (Wildman–Crippen LogP) is 4.36. The standard InChI is InChI=1S/C21H19N5O4/c1-13(2)20-23-24-21(30-20)18-11-14-5-3-4-6-17(14)25(18)12-19(27)22-15-7-9-16(10-8-15)26(28)29/h3-11,13H,12H2,1-2H3,(H,22,27). The second-order valence-corrected chi connectivity index (χ2v) is 7.13. The smallest absolute Gasteiger partial charge is 0.269 e. The summed E-state index contributed by atoms with van der Waals surface area (Å²) in [6, 6.07) is 15.3. The Kier molecular flexibility index (Phi) is 5.01. The van der Waals surface area contributed by atoms with Crippen molar-refractivity contribution in [2.45, 2.75) is 26.3 Å². The van der Waals surface area contributed by atoms with Crippen molar-refractivity contribution >= 4 is 28.2 Å². The van der Waals surface area contributed by atoms with Gasteiger partial charge in [0, 0.05) is 34.6 Å². The average Bonchev–Trinajstić information content (AvgIpc) is 3.34. The fourth-order valence-corrected chi connectivity index (χ4v) is 3.14. The predicted molar refractivity (Wildman–Crippen MR) is 111 cm³/mol. The number of benzene rings is 2. The topological polar surface area (TPSA) is 116 Å². The Morgan fingerprint density at radius 1 is 1.17 bits per heavy atom. The lowest BCUT2D eigenvalue weighted by Gasteiger charge is -2.10. The molecular weight excluding hydrogens is 386 g/mol. The summed E-state index contributed by atoms with van der Waals surface area (Å²) in [5.74, 6) is 0.680. The number of non-ortho nitro benzene ring substituents is 1. The van der Waals surface area contributed by atoms with Crippen LogP contribution in [0.4, 0.5) is 11.4 Å². The Morgan fingerprint density at radius 3 is 2.57 bits per heavy atom. The number of amides is 1. The number of hydrogen-bond acceptors (Lipinski definition) is 6. The quantitative estimate of drug-likeness (QED) is 0.376. The van der Waals surface area contributed by atoms with Gasteiger partial charge in [0.1, 0.15) is 12.2 Å². The van der Waals surface area contributed by atoms with E-state index in [1.165, 1.54) is 24.3 Å². The van der Waals surface area contributed by atoms with Crippen LogP contribution in [0.15, 0.2) is 59.0 Å². The number of rotatable bonds is 6. The highest BCUT2D eigenvalue weighted by Gasteiger charge is 2.19. The van der Waals surface area contributed by atoms with Gasteiger partial charge in [-0.3, -0.25) is 14.9 Å². The van der Waals surface area contributed by atoms with Crippen LogP contribution in [0, 0.1) is 10.1 Å². The molecule has 2 aromatic heterocycles. The summed E-state index contributed by atoms with van der Waals surface area (Å²) in [7, 11) is 0. The number of carbonyl (C=O) groups excluding carboxylic acids is 1. The Morgan fingerprint density at radius 2 is 1.90 bits per heavy atom. The molecule has 1 amide bonds. The van der Waals surface area contributed by atoms with Crippen LogP contribution in [0.1, 0.15) is 25.7 Å². The first-order chi connectivity index (χ1) is 14.4. The van der Waals surface area contributed by atoms with E-state index in [0.29, 0.717) is 23.2 Å². The van der Waals surface area contributed by atoms with Crippen molar-refractivity contribution in [3.05, 3.63) is 70.6 Å². The molecule has 4 aromatic rings. The molecule has 0 aliphatic heterocycles. The number of hydrogen-bond donors (Lipinski definition) is 1. The Bertz CT molecular complexity index is 1220. The number of anilines is 1. The normalized spacial score (nSPS) is 11.2. The van der Waals surface area contributed by atoms with Gasteiger partial charge in [-0.1, -0.05) is 32.0 Å². The number of fused-ring (bicyclic) bond motifs is 1. The van der Waals surface area contributed by atoms with Gasteiger partial charge >= 0.3 is 0 Å². The van der Waals surface area contributed by atoms with Gasteiger partial charge in [-0.05, 0) is 24.3 Å². The molecule has 0 bridgehead atoms. The fraction of sp³-hybridized carbons (Fsp3) is 0.190. The maximum Gasteiger partial charge on any atom is 0.269 e. The average molecular weight is 405 g/mol. The molecule has 0 saturated heterocycles. The van der Waals surface area contributed by atoms with Crippen molar-refractivity contribution < 1.29 is 14.1 Å². The Hall–Kier alpha value is -4.01. The van der Waals surface area contributed by atoms with Crippen LogP contribution < -0.4 is 5.32 Å². The van der Waals surface area contributed by atoms with E-state index in [4.69, 9.17) is 4.42 Å². The minimum absolute atomic E-state index is 0.0131. The summed E-state index contributed by atoms with van der Waals surface area (Å²) < 4.78 is 7.61. The first kappa shape index (κ1) is 19.3. The van der Waals surface area contributed by atoms with Gasteiger partial charge in [0.2, 0.25) is 11.8 Å². The molecular formula is C21H19N5O4. The van der Waals surface area contributed by atoms with Crippen molar-refractivity contribution in [1.82, 2.24) is 14.8 Å². The molecule has 0 fully saturated rings. The SMILES string of the molecule is CC(C)c1nnc(-c2cc3ccccc3n2CC(=O)Nc2ccc([N+](=O)[O-])cc2)o1. The highest BCUT2D eigenvalue weighted by Crippen LogP contribution is 2.29. The highest BCUT2D eigenvalue weighted by molar-refractivity contribution is 5.93. The van der Waals surface area contributed by atoms with E-state index in [1.54, 1.807) is 0 Å². The van der Waals surface area contributed by atoms with E-state index in [-0.39, 0.29) is 24.1 Å². The van der Waals surface area contributed by atoms with E-state index < -0.39 is 4.92 Å². The summed E-state index contributed by atoms with van der Waals surface area (Å²) in [4.78, 5) is 23.0. The molecule has 0 saturated carbocycles. The van der Waals surface area contributed by atoms with E-state index in [2.05, 4.69) is 15.5 Å². The number of nitro benzene ring substituents is 1. The lowest BCUT2D eigenvalue weighted by atomic mass is 10.2. The highest BCUT2D eigenvalue weighted by atomic mass is 16.6. The maximum absolute atomic E-state index is 12.7. The molecule has 0 radical (unpaired) electrons. The molecule has 0 unspecified atom stereocenters. The van der Waals surface area contributed by atoms with E-state index in [1.807, 2.05) is 48.7 Å². The third kappa shape index (κ3) is 3.77. The third-order valence-corrected chi connectivity index (χ3v) is 4.63.